The lowest BCUT2D eigenvalue weighted by molar-refractivity contribution is 0.0666. The Morgan fingerprint density at radius 3 is 2.83 bits per heavy atom. The van der Waals surface area contributed by atoms with E-state index in [1.807, 2.05) is 17.2 Å². The van der Waals surface area contributed by atoms with Gasteiger partial charge in [0.1, 0.15) is 5.69 Å². The summed E-state index contributed by atoms with van der Waals surface area (Å²) in [4.78, 5) is 19.3. The molecule has 2 aromatic heterocycles. The third-order valence-electron chi connectivity index (χ3n) is 4.74. The Kier molecular flexibility index (Phi) is 3.71. The zero-order valence-corrected chi connectivity index (χ0v) is 14.5. The minimum absolute atomic E-state index is 0.0828. The van der Waals surface area contributed by atoms with Crippen molar-refractivity contribution in [3.8, 4) is 0 Å². The van der Waals surface area contributed by atoms with E-state index in [4.69, 9.17) is 0 Å². The number of carbonyl (C=O) groups excluding carboxylic acids is 1. The first-order valence-electron chi connectivity index (χ1n) is 8.39. The van der Waals surface area contributed by atoms with E-state index in [0.29, 0.717) is 11.6 Å². The van der Waals surface area contributed by atoms with Gasteiger partial charge in [-0.1, -0.05) is 0 Å². The molecule has 1 amide bonds. The molecule has 2 fully saturated rings. The van der Waals surface area contributed by atoms with Crippen LogP contribution in [0.4, 0.5) is 0 Å². The monoisotopic (exact) mass is 330 g/mol. The molecule has 0 aromatic carbocycles. The van der Waals surface area contributed by atoms with Gasteiger partial charge in [0.05, 0.1) is 16.7 Å². The van der Waals surface area contributed by atoms with Crippen LogP contribution in [-0.2, 0) is 0 Å². The Morgan fingerprint density at radius 2 is 2.13 bits per heavy atom. The third-order valence-corrected chi connectivity index (χ3v) is 5.75. The highest BCUT2D eigenvalue weighted by molar-refractivity contribution is 7.10. The minimum atomic E-state index is 0.0828. The molecule has 4 rings (SSSR count). The molecule has 0 radical (unpaired) electrons. The summed E-state index contributed by atoms with van der Waals surface area (Å²) >= 11 is 1.64. The number of hydrogen-bond acceptors (Lipinski definition) is 4. The van der Waals surface area contributed by atoms with Crippen LogP contribution < -0.4 is 0 Å². The molecule has 1 saturated carbocycles. The van der Waals surface area contributed by atoms with Crippen molar-refractivity contribution in [3.63, 3.8) is 0 Å². The molecule has 6 heteroatoms. The van der Waals surface area contributed by atoms with Crippen molar-refractivity contribution in [3.05, 3.63) is 33.5 Å². The van der Waals surface area contributed by atoms with E-state index in [9.17, 15) is 4.79 Å². The number of hydrogen-bond donors (Lipinski definition) is 0. The van der Waals surface area contributed by atoms with E-state index >= 15 is 0 Å². The summed E-state index contributed by atoms with van der Waals surface area (Å²) in [5, 5.41) is 7.67. The molecule has 0 N–H and O–H groups in total. The average molecular weight is 330 g/mol. The summed E-state index contributed by atoms with van der Waals surface area (Å²) in [6, 6.07) is 2.38. The molecule has 23 heavy (non-hydrogen) atoms. The molecule has 122 valence electrons. The largest absolute Gasteiger partial charge is 0.335 e. The standard InChI is InChI=1S/C17H22N4OS/c1-11-8-12(2)21(19-11)14-4-3-7-20(9-14)17(22)15-10-23-16(18-15)13-5-6-13/h8,10,13-14H,3-7,9H2,1-2H3/t14-/m0/s1. The molecular weight excluding hydrogens is 308 g/mol. The van der Waals surface area contributed by atoms with Crippen molar-refractivity contribution in [2.75, 3.05) is 13.1 Å². The van der Waals surface area contributed by atoms with Crippen molar-refractivity contribution >= 4 is 17.2 Å². The number of amides is 1. The molecule has 0 spiro atoms. The summed E-state index contributed by atoms with van der Waals surface area (Å²) in [5.74, 6) is 0.699. The molecule has 1 saturated heterocycles. The predicted octanol–water partition coefficient (Wildman–Crippen LogP) is 3.31. The maximum atomic E-state index is 12.8. The van der Waals surface area contributed by atoms with Crippen LogP contribution in [0.1, 0.15) is 64.5 Å². The molecule has 0 unspecified atom stereocenters. The number of thiazole rings is 1. The number of carbonyl (C=O) groups is 1. The van der Waals surface area contributed by atoms with E-state index < -0.39 is 0 Å². The summed E-state index contributed by atoms with van der Waals surface area (Å²) in [5.41, 5.74) is 2.84. The van der Waals surface area contributed by atoms with Gasteiger partial charge in [0.25, 0.3) is 5.91 Å². The first kappa shape index (κ1) is 14.9. The second-order valence-electron chi connectivity index (χ2n) is 6.76. The van der Waals surface area contributed by atoms with E-state index in [1.54, 1.807) is 11.3 Å². The Morgan fingerprint density at radius 1 is 1.30 bits per heavy atom. The number of aryl methyl sites for hydroxylation is 2. The van der Waals surface area contributed by atoms with Gasteiger partial charge in [-0.2, -0.15) is 5.10 Å². The van der Waals surface area contributed by atoms with Crippen LogP contribution in [-0.4, -0.2) is 38.7 Å². The lowest BCUT2D eigenvalue weighted by Crippen LogP contribution is -2.41. The summed E-state index contributed by atoms with van der Waals surface area (Å²) in [7, 11) is 0. The molecule has 5 nitrogen and oxygen atoms in total. The van der Waals surface area contributed by atoms with Crippen molar-refractivity contribution in [1.82, 2.24) is 19.7 Å². The fraction of sp³-hybridized carbons (Fsp3) is 0.588. The second-order valence-corrected chi connectivity index (χ2v) is 7.65. The molecular formula is C17H22N4OS. The lowest BCUT2D eigenvalue weighted by Gasteiger charge is -2.33. The number of aromatic nitrogens is 3. The zero-order chi connectivity index (χ0) is 16.0. The molecule has 0 bridgehead atoms. The van der Waals surface area contributed by atoms with Gasteiger partial charge in [0.15, 0.2) is 0 Å². The van der Waals surface area contributed by atoms with E-state index in [2.05, 4.69) is 27.8 Å². The number of piperidine rings is 1. The van der Waals surface area contributed by atoms with Crippen LogP contribution in [0.15, 0.2) is 11.4 Å². The highest BCUT2D eigenvalue weighted by Crippen LogP contribution is 2.41. The van der Waals surface area contributed by atoms with Crippen LogP contribution >= 0.6 is 11.3 Å². The molecule has 2 aliphatic rings. The summed E-state index contributed by atoms with van der Waals surface area (Å²) in [6.45, 7) is 5.66. The second kappa shape index (κ2) is 5.74. The number of likely N-dealkylation sites (tertiary alicyclic amines) is 1. The van der Waals surface area contributed by atoms with Crippen molar-refractivity contribution in [2.45, 2.75) is 51.5 Å². The van der Waals surface area contributed by atoms with Crippen LogP contribution in [0, 0.1) is 13.8 Å². The Balaban J connectivity index is 1.49. The zero-order valence-electron chi connectivity index (χ0n) is 13.7. The third kappa shape index (κ3) is 2.92. The van der Waals surface area contributed by atoms with Gasteiger partial charge in [-0.05, 0) is 45.6 Å². The highest BCUT2D eigenvalue weighted by Gasteiger charge is 2.30. The topological polar surface area (TPSA) is 51.0 Å². The summed E-state index contributed by atoms with van der Waals surface area (Å²) in [6.07, 6.45) is 4.56. The van der Waals surface area contributed by atoms with Crippen LogP contribution in [0.3, 0.4) is 0 Å². The first-order valence-corrected chi connectivity index (χ1v) is 9.27. The quantitative estimate of drug-likeness (QED) is 0.867. The Bertz CT molecular complexity index is 731. The fourth-order valence-corrected chi connectivity index (χ4v) is 4.39. The van der Waals surface area contributed by atoms with E-state index in [0.717, 1.165) is 36.6 Å². The highest BCUT2D eigenvalue weighted by atomic mass is 32.1. The Hall–Kier alpha value is -1.69. The number of rotatable bonds is 3. The first-order chi connectivity index (χ1) is 11.1. The smallest absolute Gasteiger partial charge is 0.273 e. The summed E-state index contributed by atoms with van der Waals surface area (Å²) < 4.78 is 2.09. The number of nitrogens with zero attached hydrogens (tertiary/aromatic N) is 4. The van der Waals surface area contributed by atoms with Gasteiger partial charge in [-0.15, -0.1) is 11.3 Å². The Labute approximate surface area is 140 Å². The predicted molar refractivity (Wildman–Crippen MR) is 90.0 cm³/mol. The van der Waals surface area contributed by atoms with Crippen molar-refractivity contribution in [1.29, 1.82) is 0 Å². The van der Waals surface area contributed by atoms with Gasteiger partial charge >= 0.3 is 0 Å². The molecule has 2 aromatic rings. The van der Waals surface area contributed by atoms with E-state index in [1.165, 1.54) is 18.5 Å². The van der Waals surface area contributed by atoms with E-state index in [-0.39, 0.29) is 11.9 Å². The van der Waals surface area contributed by atoms with Gasteiger partial charge in [0, 0.05) is 30.1 Å². The maximum absolute atomic E-state index is 12.8. The maximum Gasteiger partial charge on any atom is 0.273 e. The van der Waals surface area contributed by atoms with Gasteiger partial charge in [-0.3, -0.25) is 9.48 Å². The minimum Gasteiger partial charge on any atom is -0.335 e. The molecule has 1 aliphatic heterocycles. The van der Waals surface area contributed by atoms with Gasteiger partial charge in [-0.25, -0.2) is 4.98 Å². The molecule has 3 heterocycles. The molecule has 1 aliphatic carbocycles. The van der Waals surface area contributed by atoms with Crippen molar-refractivity contribution < 1.29 is 4.79 Å². The fourth-order valence-electron chi connectivity index (χ4n) is 3.42. The van der Waals surface area contributed by atoms with Gasteiger partial charge in [0.2, 0.25) is 0 Å². The molecule has 1 atom stereocenters. The van der Waals surface area contributed by atoms with Crippen LogP contribution in [0.5, 0.6) is 0 Å². The lowest BCUT2D eigenvalue weighted by atomic mass is 10.1. The van der Waals surface area contributed by atoms with Crippen LogP contribution in [0.25, 0.3) is 0 Å². The SMILES string of the molecule is Cc1cc(C)n([C@H]2CCCN(C(=O)c3csc(C4CC4)n3)C2)n1. The van der Waals surface area contributed by atoms with Gasteiger partial charge < -0.3 is 4.90 Å². The normalized spacial score (nSPS) is 21.7. The van der Waals surface area contributed by atoms with Crippen molar-refractivity contribution in [2.24, 2.45) is 0 Å². The van der Waals surface area contributed by atoms with Crippen LogP contribution in [0.2, 0.25) is 0 Å². The average Bonchev–Trinajstić information content (AvgIpc) is 3.18.